The zero-order valence-electron chi connectivity index (χ0n) is 16.1. The maximum atomic E-state index is 13.3. The van der Waals surface area contributed by atoms with Gasteiger partial charge in [0.2, 0.25) is 0 Å². The molecule has 1 aromatic carbocycles. The quantitative estimate of drug-likeness (QED) is 0.735. The largest absolute Gasteiger partial charge is 0.392 e. The van der Waals surface area contributed by atoms with Gasteiger partial charge in [-0.3, -0.25) is 0 Å². The van der Waals surface area contributed by atoms with E-state index in [1.807, 2.05) is 19.1 Å². The fraction of sp³-hybridized carbons (Fsp3) is 0.636. The molecule has 2 aliphatic rings. The third-order valence-electron chi connectivity index (χ3n) is 6.47. The molecule has 0 saturated carbocycles. The predicted octanol–water partition coefficient (Wildman–Crippen LogP) is 5.01. The van der Waals surface area contributed by atoms with Gasteiger partial charge in [0, 0.05) is 11.3 Å². The van der Waals surface area contributed by atoms with Crippen LogP contribution in [0.2, 0.25) is 0 Å². The van der Waals surface area contributed by atoms with Crippen molar-refractivity contribution in [1.82, 2.24) is 0 Å². The predicted molar refractivity (Wildman–Crippen MR) is 106 cm³/mol. The molecule has 1 aromatic rings. The standard InChI is InChI=1S/C22H32O3S/c1-3-5-15-22(4-2)16-26(24,25)19-14-10-9-13-18(19)20(21(22)23)17-11-7-6-8-12-17/h9-11,13-14,20-21,23H,3-8,12,15-16H2,1-2H3/t20?,21-,22?/m1/s1. The lowest BCUT2D eigenvalue weighted by atomic mass is 9.68. The molecule has 2 unspecified atom stereocenters. The van der Waals surface area contributed by atoms with E-state index in [1.165, 1.54) is 12.0 Å². The summed E-state index contributed by atoms with van der Waals surface area (Å²) in [4.78, 5) is 0.433. The Bertz CT molecular complexity index is 765. The molecule has 3 nitrogen and oxygen atoms in total. The van der Waals surface area contributed by atoms with E-state index in [0.29, 0.717) is 11.3 Å². The van der Waals surface area contributed by atoms with E-state index >= 15 is 0 Å². The molecule has 0 saturated heterocycles. The van der Waals surface area contributed by atoms with Crippen LogP contribution in [0.25, 0.3) is 0 Å². The van der Waals surface area contributed by atoms with Crippen LogP contribution in [0.5, 0.6) is 0 Å². The number of sulfone groups is 1. The van der Waals surface area contributed by atoms with Crippen LogP contribution in [0.4, 0.5) is 0 Å². The summed E-state index contributed by atoms with van der Waals surface area (Å²) in [5.74, 6) is -0.140. The highest BCUT2D eigenvalue weighted by atomic mass is 32.2. The molecule has 0 amide bonds. The van der Waals surface area contributed by atoms with Crippen LogP contribution >= 0.6 is 0 Å². The van der Waals surface area contributed by atoms with Crippen molar-refractivity contribution in [3.63, 3.8) is 0 Å². The van der Waals surface area contributed by atoms with Crippen molar-refractivity contribution in [2.24, 2.45) is 5.41 Å². The van der Waals surface area contributed by atoms with Crippen molar-refractivity contribution in [1.29, 1.82) is 0 Å². The van der Waals surface area contributed by atoms with Crippen molar-refractivity contribution in [2.75, 3.05) is 5.75 Å². The van der Waals surface area contributed by atoms with E-state index in [4.69, 9.17) is 0 Å². The van der Waals surface area contributed by atoms with E-state index in [2.05, 4.69) is 13.0 Å². The number of unbranched alkanes of at least 4 members (excludes halogenated alkanes) is 1. The van der Waals surface area contributed by atoms with Gasteiger partial charge in [0.1, 0.15) is 0 Å². The van der Waals surface area contributed by atoms with E-state index < -0.39 is 21.4 Å². The molecule has 0 spiro atoms. The van der Waals surface area contributed by atoms with Gasteiger partial charge < -0.3 is 5.11 Å². The molecule has 1 aliphatic carbocycles. The van der Waals surface area contributed by atoms with Gasteiger partial charge >= 0.3 is 0 Å². The maximum absolute atomic E-state index is 13.3. The van der Waals surface area contributed by atoms with Crippen molar-refractivity contribution in [3.05, 3.63) is 41.5 Å². The van der Waals surface area contributed by atoms with Crippen LogP contribution in [0.3, 0.4) is 0 Å². The average molecular weight is 377 g/mol. The van der Waals surface area contributed by atoms with Gasteiger partial charge in [0.15, 0.2) is 9.84 Å². The van der Waals surface area contributed by atoms with Crippen LogP contribution in [-0.2, 0) is 9.84 Å². The fourth-order valence-corrected chi connectivity index (χ4v) is 7.14. The topological polar surface area (TPSA) is 54.4 Å². The lowest BCUT2D eigenvalue weighted by molar-refractivity contribution is 0.0155. The van der Waals surface area contributed by atoms with Crippen LogP contribution < -0.4 is 0 Å². The zero-order chi connectivity index (χ0) is 18.8. The van der Waals surface area contributed by atoms with Gasteiger partial charge in [-0.25, -0.2) is 8.42 Å². The summed E-state index contributed by atoms with van der Waals surface area (Å²) >= 11 is 0. The Kier molecular flexibility index (Phi) is 5.93. The van der Waals surface area contributed by atoms with Gasteiger partial charge in [-0.05, 0) is 50.2 Å². The molecule has 0 radical (unpaired) electrons. The Labute approximate surface area is 158 Å². The fourth-order valence-electron chi connectivity index (χ4n) is 4.87. The monoisotopic (exact) mass is 376 g/mol. The molecular weight excluding hydrogens is 344 g/mol. The summed E-state index contributed by atoms with van der Waals surface area (Å²) in [6.07, 6.45) is 9.30. The maximum Gasteiger partial charge on any atom is 0.179 e. The molecular formula is C22H32O3S. The molecule has 0 aromatic heterocycles. The number of rotatable bonds is 5. The van der Waals surface area contributed by atoms with E-state index in [-0.39, 0.29) is 11.7 Å². The van der Waals surface area contributed by atoms with Gasteiger partial charge in [-0.15, -0.1) is 0 Å². The van der Waals surface area contributed by atoms with Crippen molar-refractivity contribution < 1.29 is 13.5 Å². The Morgan fingerprint density at radius 1 is 1.19 bits per heavy atom. The number of hydrogen-bond acceptors (Lipinski definition) is 3. The third-order valence-corrected chi connectivity index (χ3v) is 8.46. The number of benzene rings is 1. The molecule has 4 heteroatoms. The first-order valence-electron chi connectivity index (χ1n) is 10.1. The minimum atomic E-state index is -3.42. The third kappa shape index (κ3) is 3.50. The lowest BCUT2D eigenvalue weighted by Crippen LogP contribution is -2.42. The molecule has 0 bridgehead atoms. The molecule has 26 heavy (non-hydrogen) atoms. The van der Waals surface area contributed by atoms with Gasteiger partial charge in [0.05, 0.1) is 16.8 Å². The first-order valence-corrected chi connectivity index (χ1v) is 11.8. The molecule has 1 heterocycles. The Morgan fingerprint density at radius 3 is 2.62 bits per heavy atom. The minimum absolute atomic E-state index is 0.0540. The lowest BCUT2D eigenvalue weighted by Gasteiger charge is -2.40. The van der Waals surface area contributed by atoms with E-state index in [0.717, 1.165) is 44.1 Å². The summed E-state index contributed by atoms with van der Waals surface area (Å²) in [6, 6.07) is 7.36. The molecule has 3 rings (SSSR count). The van der Waals surface area contributed by atoms with Crippen LogP contribution in [0.1, 0.15) is 76.7 Å². The number of allylic oxidation sites excluding steroid dienone is 1. The molecule has 3 atom stereocenters. The Morgan fingerprint density at radius 2 is 1.96 bits per heavy atom. The first-order chi connectivity index (χ1) is 12.4. The Hall–Kier alpha value is -1.13. The second-order valence-corrected chi connectivity index (χ2v) is 10.0. The molecule has 1 N–H and O–H groups in total. The SMILES string of the molecule is CCCCC1(CC)CS(=O)(=O)c2ccccc2C(C2=CCCCC2)[C@H]1O. The van der Waals surface area contributed by atoms with Crippen molar-refractivity contribution >= 4 is 9.84 Å². The second-order valence-electron chi connectivity index (χ2n) is 8.06. The number of aliphatic hydroxyl groups excluding tert-OH is 1. The van der Waals surface area contributed by atoms with Gasteiger partial charge in [-0.1, -0.05) is 56.5 Å². The van der Waals surface area contributed by atoms with Gasteiger partial charge in [0.25, 0.3) is 0 Å². The first kappa shape index (κ1) is 19.6. The highest BCUT2D eigenvalue weighted by molar-refractivity contribution is 7.91. The summed E-state index contributed by atoms with van der Waals surface area (Å²) < 4.78 is 26.5. The van der Waals surface area contributed by atoms with E-state index in [1.54, 1.807) is 12.1 Å². The number of fused-ring (bicyclic) bond motifs is 1. The highest BCUT2D eigenvalue weighted by Crippen LogP contribution is 2.50. The van der Waals surface area contributed by atoms with Crippen LogP contribution in [0, 0.1) is 5.41 Å². The summed E-state index contributed by atoms with van der Waals surface area (Å²) in [5.41, 5.74) is 1.47. The summed E-state index contributed by atoms with van der Waals surface area (Å²) in [6.45, 7) is 4.16. The molecule has 0 fully saturated rings. The van der Waals surface area contributed by atoms with Crippen molar-refractivity contribution in [3.8, 4) is 0 Å². The smallest absolute Gasteiger partial charge is 0.179 e. The second kappa shape index (κ2) is 7.85. The molecule has 144 valence electrons. The Balaban J connectivity index is 2.19. The van der Waals surface area contributed by atoms with Gasteiger partial charge in [-0.2, -0.15) is 0 Å². The zero-order valence-corrected chi connectivity index (χ0v) is 16.9. The summed E-state index contributed by atoms with van der Waals surface area (Å²) in [5, 5.41) is 11.6. The number of aliphatic hydroxyl groups is 1. The average Bonchev–Trinajstić information content (AvgIpc) is 2.73. The normalized spacial score (nSPS) is 31.0. The highest BCUT2D eigenvalue weighted by Gasteiger charge is 2.49. The summed E-state index contributed by atoms with van der Waals surface area (Å²) in [7, 11) is -3.42. The minimum Gasteiger partial charge on any atom is -0.392 e. The van der Waals surface area contributed by atoms with Crippen LogP contribution in [0.15, 0.2) is 40.8 Å². The van der Waals surface area contributed by atoms with Crippen molar-refractivity contribution in [2.45, 2.75) is 82.1 Å². The van der Waals surface area contributed by atoms with Crippen LogP contribution in [-0.4, -0.2) is 25.4 Å². The van der Waals surface area contributed by atoms with E-state index in [9.17, 15) is 13.5 Å². The molecule has 1 aliphatic heterocycles. The number of hydrogen-bond donors (Lipinski definition) is 1.